The molecular weight excluding hydrogens is 340 g/mol. The van der Waals surface area contributed by atoms with Crippen molar-refractivity contribution >= 4 is 23.6 Å². The Morgan fingerprint density at radius 3 is 1.46 bits per heavy atom. The Morgan fingerprint density at radius 1 is 0.731 bits per heavy atom. The summed E-state index contributed by atoms with van der Waals surface area (Å²) in [6, 6.07) is 4.48. The highest BCUT2D eigenvalue weighted by Gasteiger charge is 2.13. The predicted molar refractivity (Wildman–Crippen MR) is 95.0 cm³/mol. The number of amides is 4. The third-order valence-corrected chi connectivity index (χ3v) is 3.24. The molecule has 0 aliphatic carbocycles. The van der Waals surface area contributed by atoms with Gasteiger partial charge in [0.2, 0.25) is 11.8 Å². The van der Waals surface area contributed by atoms with Gasteiger partial charge in [-0.1, -0.05) is 0 Å². The topological polar surface area (TPSA) is 126 Å². The zero-order valence-corrected chi connectivity index (χ0v) is 15.1. The summed E-state index contributed by atoms with van der Waals surface area (Å²) in [5.41, 5.74) is 0.526. The average molecular weight is 364 g/mol. The molecule has 9 nitrogen and oxygen atoms in total. The lowest BCUT2D eigenvalue weighted by Gasteiger charge is -2.11. The van der Waals surface area contributed by atoms with Crippen molar-refractivity contribution in [3.63, 3.8) is 0 Å². The molecule has 0 aromatic heterocycles. The van der Waals surface area contributed by atoms with Crippen molar-refractivity contribution in [2.45, 2.75) is 13.8 Å². The molecule has 1 aromatic rings. The largest absolute Gasteiger partial charge is 0.497 e. The lowest BCUT2D eigenvalue weighted by atomic mass is 10.1. The molecule has 1 aromatic carbocycles. The normalized spacial score (nSPS) is 9.81. The molecule has 4 amide bonds. The Hall–Kier alpha value is -3.10. The molecule has 0 saturated heterocycles. The highest BCUT2D eigenvalue weighted by molar-refractivity contribution is 6.00. The first-order valence-electron chi connectivity index (χ1n) is 8.08. The van der Waals surface area contributed by atoms with E-state index in [0.29, 0.717) is 18.8 Å². The molecule has 0 saturated carbocycles. The van der Waals surface area contributed by atoms with Crippen molar-refractivity contribution in [2.75, 3.05) is 33.3 Å². The van der Waals surface area contributed by atoms with Crippen molar-refractivity contribution < 1.29 is 23.9 Å². The van der Waals surface area contributed by atoms with Crippen LogP contribution in [-0.2, 0) is 9.59 Å². The van der Waals surface area contributed by atoms with E-state index < -0.39 is 0 Å². The van der Waals surface area contributed by atoms with E-state index in [9.17, 15) is 19.2 Å². The van der Waals surface area contributed by atoms with Gasteiger partial charge < -0.3 is 26.0 Å². The summed E-state index contributed by atoms with van der Waals surface area (Å²) >= 11 is 0. The van der Waals surface area contributed by atoms with Gasteiger partial charge >= 0.3 is 0 Å². The van der Waals surface area contributed by atoms with Crippen LogP contribution in [0.2, 0.25) is 0 Å². The number of nitrogens with one attached hydrogen (secondary N) is 4. The Bertz CT molecular complexity index is 623. The van der Waals surface area contributed by atoms with Crippen molar-refractivity contribution in [1.29, 1.82) is 0 Å². The van der Waals surface area contributed by atoms with Crippen molar-refractivity contribution in [3.8, 4) is 5.75 Å². The quantitative estimate of drug-likeness (QED) is 0.437. The second-order valence-electron chi connectivity index (χ2n) is 5.43. The minimum atomic E-state index is -0.387. The number of methoxy groups -OCH3 is 1. The molecule has 4 N–H and O–H groups in total. The summed E-state index contributed by atoms with van der Waals surface area (Å²) in [6.07, 6.45) is 0. The van der Waals surface area contributed by atoms with E-state index in [2.05, 4.69) is 21.3 Å². The Labute approximate surface area is 151 Å². The van der Waals surface area contributed by atoms with Crippen LogP contribution in [-0.4, -0.2) is 56.9 Å². The van der Waals surface area contributed by atoms with Crippen LogP contribution in [0.3, 0.4) is 0 Å². The fourth-order valence-corrected chi connectivity index (χ4v) is 2.01. The van der Waals surface area contributed by atoms with Gasteiger partial charge in [-0.2, -0.15) is 0 Å². The number of benzene rings is 1. The predicted octanol–water partition coefficient (Wildman–Crippen LogP) is -0.573. The van der Waals surface area contributed by atoms with Gasteiger partial charge in [0, 0.05) is 51.2 Å². The number of hydrogen-bond donors (Lipinski definition) is 4. The minimum absolute atomic E-state index is 0.182. The number of rotatable bonds is 9. The molecule has 142 valence electrons. The maximum atomic E-state index is 12.2. The molecule has 0 aliphatic heterocycles. The summed E-state index contributed by atoms with van der Waals surface area (Å²) < 4.78 is 5.14. The van der Waals surface area contributed by atoms with Gasteiger partial charge in [0.1, 0.15) is 5.75 Å². The standard InChI is InChI=1S/C17H24N4O5/c1-11(22)18-4-6-20-16(24)13-8-14(10-15(9-13)26-3)17(25)21-7-5-19-12(2)23/h8-10H,4-7H2,1-3H3,(H,18,22)(H,19,23)(H,20,24)(H,21,25). The van der Waals surface area contributed by atoms with Gasteiger partial charge in [0.15, 0.2) is 0 Å². The van der Waals surface area contributed by atoms with Gasteiger partial charge in [0.25, 0.3) is 11.8 Å². The van der Waals surface area contributed by atoms with Crippen LogP contribution >= 0.6 is 0 Å². The lowest BCUT2D eigenvalue weighted by molar-refractivity contribution is -0.119. The van der Waals surface area contributed by atoms with E-state index in [1.807, 2.05) is 0 Å². The molecule has 1 rings (SSSR count). The van der Waals surface area contributed by atoms with E-state index in [1.165, 1.54) is 39.2 Å². The molecule has 0 atom stereocenters. The molecular formula is C17H24N4O5. The number of hydrogen-bond acceptors (Lipinski definition) is 5. The van der Waals surface area contributed by atoms with Gasteiger partial charge in [-0.3, -0.25) is 19.2 Å². The summed E-state index contributed by atoms with van der Waals surface area (Å²) in [5, 5.41) is 10.4. The third kappa shape index (κ3) is 7.65. The van der Waals surface area contributed by atoms with Crippen molar-refractivity contribution in [1.82, 2.24) is 21.3 Å². The van der Waals surface area contributed by atoms with Crippen LogP contribution in [0.25, 0.3) is 0 Å². The summed E-state index contributed by atoms with van der Waals surface area (Å²) in [6.45, 7) is 3.91. The van der Waals surface area contributed by atoms with E-state index >= 15 is 0 Å². The first-order valence-corrected chi connectivity index (χ1v) is 8.08. The van der Waals surface area contributed by atoms with Crippen LogP contribution in [0.1, 0.15) is 34.6 Å². The summed E-state index contributed by atoms with van der Waals surface area (Å²) in [7, 11) is 1.44. The minimum Gasteiger partial charge on any atom is -0.497 e. The van der Waals surface area contributed by atoms with E-state index in [-0.39, 0.29) is 47.8 Å². The van der Waals surface area contributed by atoms with Gasteiger partial charge in [-0.15, -0.1) is 0 Å². The molecule has 0 unspecified atom stereocenters. The molecule has 0 fully saturated rings. The number of carbonyl (C=O) groups is 4. The van der Waals surface area contributed by atoms with Crippen molar-refractivity contribution in [3.05, 3.63) is 29.3 Å². The Morgan fingerprint density at radius 2 is 1.12 bits per heavy atom. The zero-order valence-electron chi connectivity index (χ0n) is 15.1. The molecule has 26 heavy (non-hydrogen) atoms. The maximum Gasteiger partial charge on any atom is 0.251 e. The average Bonchev–Trinajstić information content (AvgIpc) is 2.61. The van der Waals surface area contributed by atoms with Crippen LogP contribution < -0.4 is 26.0 Å². The highest BCUT2D eigenvalue weighted by Crippen LogP contribution is 2.17. The number of carbonyl (C=O) groups excluding carboxylic acids is 4. The first kappa shape index (κ1) is 20.9. The lowest BCUT2D eigenvalue weighted by Crippen LogP contribution is -2.34. The van der Waals surface area contributed by atoms with E-state index in [0.717, 1.165) is 0 Å². The van der Waals surface area contributed by atoms with Gasteiger partial charge in [0.05, 0.1) is 7.11 Å². The Kier molecular flexibility index (Phi) is 8.62. The van der Waals surface area contributed by atoms with Crippen molar-refractivity contribution in [2.24, 2.45) is 0 Å². The molecule has 0 radical (unpaired) electrons. The molecule has 0 aliphatic rings. The number of ether oxygens (including phenoxy) is 1. The van der Waals surface area contributed by atoms with E-state index in [4.69, 9.17) is 4.74 Å². The van der Waals surface area contributed by atoms with Crippen LogP contribution in [0.4, 0.5) is 0 Å². The monoisotopic (exact) mass is 364 g/mol. The summed E-state index contributed by atoms with van der Waals surface area (Å²) in [4.78, 5) is 46.0. The smallest absolute Gasteiger partial charge is 0.251 e. The fraction of sp³-hybridized carbons (Fsp3) is 0.412. The van der Waals surface area contributed by atoms with Crippen LogP contribution in [0.5, 0.6) is 5.75 Å². The highest BCUT2D eigenvalue weighted by atomic mass is 16.5. The molecule has 9 heteroatoms. The molecule has 0 heterocycles. The first-order chi connectivity index (χ1) is 12.3. The second-order valence-corrected chi connectivity index (χ2v) is 5.43. The third-order valence-electron chi connectivity index (χ3n) is 3.24. The van der Waals surface area contributed by atoms with Gasteiger partial charge in [-0.05, 0) is 18.2 Å². The second kappa shape index (κ2) is 10.7. The maximum absolute atomic E-state index is 12.2. The SMILES string of the molecule is COc1cc(C(=O)NCCNC(C)=O)cc(C(=O)NCCNC(C)=O)c1. The summed E-state index contributed by atoms with van der Waals surface area (Å²) in [5.74, 6) is -0.771. The van der Waals surface area contributed by atoms with Gasteiger partial charge in [-0.25, -0.2) is 0 Å². The van der Waals surface area contributed by atoms with Crippen LogP contribution in [0, 0.1) is 0 Å². The molecule has 0 spiro atoms. The zero-order chi connectivity index (χ0) is 19.5. The Balaban J connectivity index is 2.71. The fourth-order valence-electron chi connectivity index (χ4n) is 2.01. The van der Waals surface area contributed by atoms with Crippen LogP contribution in [0.15, 0.2) is 18.2 Å². The molecule has 0 bridgehead atoms. The van der Waals surface area contributed by atoms with E-state index in [1.54, 1.807) is 0 Å².